The summed E-state index contributed by atoms with van der Waals surface area (Å²) in [6.45, 7) is 0. The second-order valence-electron chi connectivity index (χ2n) is 4.82. The third-order valence-electron chi connectivity index (χ3n) is 3.24. The van der Waals surface area contributed by atoms with E-state index in [0.29, 0.717) is 0 Å². The molecule has 0 aliphatic rings. The molecular weight excluding hydrogens is 348 g/mol. The fourth-order valence-corrected chi connectivity index (χ4v) is 2.16. The molecule has 10 nitrogen and oxygen atoms in total. The van der Waals surface area contributed by atoms with Gasteiger partial charge in [-0.05, 0) is 24.3 Å². The Balaban J connectivity index is 2.62. The number of hydrogen-bond acceptors (Lipinski definition) is 6. The molecule has 0 heterocycles. The number of benzene rings is 2. The molecule has 0 aliphatic carbocycles. The third kappa shape index (κ3) is 3.53. The van der Waals surface area contributed by atoms with Gasteiger partial charge in [-0.1, -0.05) is 12.1 Å². The first-order chi connectivity index (χ1) is 12.2. The van der Waals surface area contributed by atoms with Crippen molar-refractivity contribution in [1.82, 2.24) is 0 Å². The Bertz CT molecular complexity index is 887. The van der Waals surface area contributed by atoms with Crippen molar-refractivity contribution in [1.29, 1.82) is 0 Å². The van der Waals surface area contributed by atoms with E-state index in [-0.39, 0.29) is 11.4 Å². The van der Waals surface area contributed by atoms with Gasteiger partial charge in [0.1, 0.15) is 22.5 Å². The highest BCUT2D eigenvalue weighted by Gasteiger charge is 2.22. The van der Waals surface area contributed by atoms with Gasteiger partial charge in [0.2, 0.25) is 0 Å². The van der Waals surface area contributed by atoms with Crippen LogP contribution in [0.15, 0.2) is 46.6 Å². The van der Waals surface area contributed by atoms with E-state index in [2.05, 4.69) is 10.2 Å². The molecular formula is C16H10N2O8. The molecule has 0 saturated heterocycles. The van der Waals surface area contributed by atoms with Crippen molar-refractivity contribution >= 4 is 35.3 Å². The first-order valence-corrected chi connectivity index (χ1v) is 6.85. The zero-order valence-electron chi connectivity index (χ0n) is 12.8. The van der Waals surface area contributed by atoms with Crippen molar-refractivity contribution in [2.75, 3.05) is 0 Å². The maximum atomic E-state index is 11.3. The van der Waals surface area contributed by atoms with Crippen molar-refractivity contribution < 1.29 is 39.6 Å². The molecule has 132 valence electrons. The van der Waals surface area contributed by atoms with E-state index in [4.69, 9.17) is 10.2 Å². The van der Waals surface area contributed by atoms with Gasteiger partial charge in [0.15, 0.2) is 0 Å². The lowest BCUT2D eigenvalue weighted by molar-refractivity contribution is 0.0652. The molecule has 0 aromatic heterocycles. The van der Waals surface area contributed by atoms with Crippen LogP contribution >= 0.6 is 0 Å². The molecule has 0 atom stereocenters. The summed E-state index contributed by atoms with van der Waals surface area (Å²) in [4.78, 5) is 45.0. The molecule has 2 aromatic carbocycles. The third-order valence-corrected chi connectivity index (χ3v) is 3.24. The summed E-state index contributed by atoms with van der Waals surface area (Å²) in [5.74, 6) is -6.10. The number of rotatable bonds is 6. The molecule has 2 aromatic rings. The molecule has 4 N–H and O–H groups in total. The van der Waals surface area contributed by atoms with Gasteiger partial charge < -0.3 is 20.4 Å². The predicted octanol–water partition coefficient (Wildman–Crippen LogP) is 2.89. The quantitative estimate of drug-likeness (QED) is 0.570. The normalized spacial score (nSPS) is 10.6. The highest BCUT2D eigenvalue weighted by atomic mass is 16.4. The second-order valence-corrected chi connectivity index (χ2v) is 4.82. The standard InChI is InChI=1S/C16H10N2O8/c19-13(20)7-3-1-5-9(11(7)15(23)24)17-18-10-6-2-4-8(14(21)22)12(10)16(25)26/h1-6H,(H,19,20)(H,21,22)(H,23,24)(H,25,26). The molecule has 0 fully saturated rings. The van der Waals surface area contributed by atoms with Crippen LogP contribution in [-0.4, -0.2) is 44.3 Å². The molecule has 0 saturated carbocycles. The van der Waals surface area contributed by atoms with E-state index in [1.807, 2.05) is 0 Å². The fraction of sp³-hybridized carbons (Fsp3) is 0. The number of carbonyl (C=O) groups is 4. The Morgan fingerprint density at radius 2 is 0.923 bits per heavy atom. The number of hydrogen-bond donors (Lipinski definition) is 4. The number of aromatic carboxylic acids is 4. The van der Waals surface area contributed by atoms with Gasteiger partial charge in [-0.3, -0.25) is 0 Å². The van der Waals surface area contributed by atoms with E-state index in [0.717, 1.165) is 12.1 Å². The summed E-state index contributed by atoms with van der Waals surface area (Å²) in [6.07, 6.45) is 0. The van der Waals surface area contributed by atoms with Crippen molar-refractivity contribution in [3.05, 3.63) is 58.7 Å². The largest absolute Gasteiger partial charge is 0.478 e. The van der Waals surface area contributed by atoms with E-state index < -0.39 is 46.1 Å². The summed E-state index contributed by atoms with van der Waals surface area (Å²) in [6, 6.07) is 6.99. The highest BCUT2D eigenvalue weighted by Crippen LogP contribution is 2.28. The Hall–Kier alpha value is -4.08. The number of nitrogens with zero attached hydrogens (tertiary/aromatic N) is 2. The Labute approximate surface area is 144 Å². The second kappa shape index (κ2) is 7.21. The lowest BCUT2D eigenvalue weighted by atomic mass is 10.1. The number of carboxylic acid groups (broad SMARTS) is 4. The minimum Gasteiger partial charge on any atom is -0.478 e. The smallest absolute Gasteiger partial charge is 0.338 e. The first kappa shape index (κ1) is 18.3. The highest BCUT2D eigenvalue weighted by molar-refractivity contribution is 6.06. The van der Waals surface area contributed by atoms with Gasteiger partial charge >= 0.3 is 23.9 Å². The van der Waals surface area contributed by atoms with Gasteiger partial charge in [-0.2, -0.15) is 0 Å². The van der Waals surface area contributed by atoms with Crippen LogP contribution < -0.4 is 0 Å². The summed E-state index contributed by atoms with van der Waals surface area (Å²) < 4.78 is 0. The fourth-order valence-electron chi connectivity index (χ4n) is 2.16. The molecule has 0 unspecified atom stereocenters. The minimum atomic E-state index is -1.56. The molecule has 0 bridgehead atoms. The number of azo groups is 1. The Morgan fingerprint density at radius 1 is 0.577 bits per heavy atom. The average molecular weight is 358 g/mol. The lowest BCUT2D eigenvalue weighted by Gasteiger charge is -2.06. The average Bonchev–Trinajstić information content (AvgIpc) is 2.58. The van der Waals surface area contributed by atoms with Crippen LogP contribution in [0.3, 0.4) is 0 Å². The van der Waals surface area contributed by atoms with Crippen LogP contribution in [0.2, 0.25) is 0 Å². The maximum Gasteiger partial charge on any atom is 0.338 e. The van der Waals surface area contributed by atoms with E-state index >= 15 is 0 Å². The van der Waals surface area contributed by atoms with Crippen LogP contribution in [0.25, 0.3) is 0 Å². The van der Waals surface area contributed by atoms with Crippen LogP contribution in [0.4, 0.5) is 11.4 Å². The molecule has 0 aliphatic heterocycles. The summed E-state index contributed by atoms with van der Waals surface area (Å²) in [5.41, 5.74) is -2.95. The van der Waals surface area contributed by atoms with Crippen LogP contribution in [0.1, 0.15) is 41.4 Å². The summed E-state index contributed by atoms with van der Waals surface area (Å²) in [5, 5.41) is 43.8. The van der Waals surface area contributed by atoms with Crippen molar-refractivity contribution in [3.8, 4) is 0 Å². The van der Waals surface area contributed by atoms with Gasteiger partial charge in [-0.25, -0.2) is 19.2 Å². The topological polar surface area (TPSA) is 174 Å². The van der Waals surface area contributed by atoms with E-state index in [9.17, 15) is 29.4 Å². The molecule has 26 heavy (non-hydrogen) atoms. The summed E-state index contributed by atoms with van der Waals surface area (Å²) in [7, 11) is 0. The van der Waals surface area contributed by atoms with E-state index in [1.165, 1.54) is 24.3 Å². The first-order valence-electron chi connectivity index (χ1n) is 6.85. The SMILES string of the molecule is O=C(O)c1cccc(N=Nc2cccc(C(=O)O)c2C(=O)O)c1C(=O)O. The van der Waals surface area contributed by atoms with Gasteiger partial charge in [0.25, 0.3) is 0 Å². The lowest BCUT2D eigenvalue weighted by Crippen LogP contribution is -2.08. The molecule has 0 amide bonds. The van der Waals surface area contributed by atoms with Gasteiger partial charge in [-0.15, -0.1) is 10.2 Å². The van der Waals surface area contributed by atoms with Crippen LogP contribution in [0, 0.1) is 0 Å². The molecule has 10 heteroatoms. The Morgan fingerprint density at radius 3 is 1.19 bits per heavy atom. The molecule has 0 spiro atoms. The molecule has 0 radical (unpaired) electrons. The van der Waals surface area contributed by atoms with Gasteiger partial charge in [0, 0.05) is 0 Å². The van der Waals surface area contributed by atoms with Crippen LogP contribution in [-0.2, 0) is 0 Å². The van der Waals surface area contributed by atoms with Crippen molar-refractivity contribution in [3.63, 3.8) is 0 Å². The van der Waals surface area contributed by atoms with Crippen molar-refractivity contribution in [2.45, 2.75) is 0 Å². The Kier molecular flexibility index (Phi) is 5.07. The van der Waals surface area contributed by atoms with Gasteiger partial charge in [0.05, 0.1) is 11.1 Å². The van der Waals surface area contributed by atoms with E-state index in [1.54, 1.807) is 0 Å². The predicted molar refractivity (Wildman–Crippen MR) is 84.9 cm³/mol. The minimum absolute atomic E-state index is 0.325. The maximum absolute atomic E-state index is 11.3. The monoisotopic (exact) mass is 358 g/mol. The zero-order valence-corrected chi connectivity index (χ0v) is 12.8. The number of carboxylic acids is 4. The zero-order chi connectivity index (χ0) is 19.4. The molecule has 2 rings (SSSR count). The van der Waals surface area contributed by atoms with Crippen LogP contribution in [0.5, 0.6) is 0 Å². The van der Waals surface area contributed by atoms with Crippen molar-refractivity contribution in [2.24, 2.45) is 10.2 Å². The summed E-state index contributed by atoms with van der Waals surface area (Å²) >= 11 is 0.